The molecule has 0 saturated heterocycles. The summed E-state index contributed by atoms with van der Waals surface area (Å²) in [5.41, 5.74) is 0.599. The fraction of sp³-hybridized carbons (Fsp3) is 0.900. The van der Waals surface area contributed by atoms with Crippen LogP contribution in [-0.4, -0.2) is 12.6 Å². The van der Waals surface area contributed by atoms with Crippen LogP contribution in [0.15, 0.2) is 12.7 Å². The van der Waals surface area contributed by atoms with Gasteiger partial charge in [0.05, 0.1) is 0 Å². The predicted molar refractivity (Wildman–Crippen MR) is 95.7 cm³/mol. The van der Waals surface area contributed by atoms with E-state index in [1.807, 2.05) is 0 Å². The lowest BCUT2D eigenvalue weighted by atomic mass is 9.71. The third-order valence-electron chi connectivity index (χ3n) is 5.20. The third kappa shape index (κ3) is 6.55. The molecule has 124 valence electrons. The van der Waals surface area contributed by atoms with Gasteiger partial charge in [-0.1, -0.05) is 52.5 Å². The normalized spacial score (nSPS) is 19.0. The van der Waals surface area contributed by atoms with Gasteiger partial charge in [0, 0.05) is 6.04 Å². The minimum absolute atomic E-state index is 0.599. The molecule has 0 amide bonds. The molecule has 1 rings (SSSR count). The Bertz CT molecular complexity index is 263. The van der Waals surface area contributed by atoms with E-state index in [1.165, 1.54) is 77.2 Å². The van der Waals surface area contributed by atoms with E-state index in [1.54, 1.807) is 0 Å². The maximum Gasteiger partial charge on any atom is 0.0124 e. The first kappa shape index (κ1) is 18.7. The zero-order valence-electron chi connectivity index (χ0n) is 14.9. The fourth-order valence-corrected chi connectivity index (χ4v) is 4.34. The van der Waals surface area contributed by atoms with E-state index >= 15 is 0 Å². The lowest BCUT2D eigenvalue weighted by molar-refractivity contribution is 0.145. The van der Waals surface area contributed by atoms with Crippen molar-refractivity contribution < 1.29 is 0 Å². The summed E-state index contributed by atoms with van der Waals surface area (Å²) in [4.78, 5) is 0. The Morgan fingerprint density at radius 1 is 1.14 bits per heavy atom. The second-order valence-electron chi connectivity index (χ2n) is 7.60. The zero-order valence-corrected chi connectivity index (χ0v) is 14.9. The van der Waals surface area contributed by atoms with Gasteiger partial charge in [0.1, 0.15) is 0 Å². The van der Waals surface area contributed by atoms with Crippen molar-refractivity contribution in [3.63, 3.8) is 0 Å². The summed E-state index contributed by atoms with van der Waals surface area (Å²) in [5.74, 6) is 0.829. The highest BCUT2D eigenvalue weighted by Gasteiger charge is 2.40. The van der Waals surface area contributed by atoms with Gasteiger partial charge in [0.2, 0.25) is 0 Å². The number of hydrogen-bond donors (Lipinski definition) is 1. The molecule has 0 bridgehead atoms. The summed E-state index contributed by atoms with van der Waals surface area (Å²) in [6.45, 7) is 12.1. The van der Waals surface area contributed by atoms with E-state index in [9.17, 15) is 0 Å². The third-order valence-corrected chi connectivity index (χ3v) is 5.20. The van der Waals surface area contributed by atoms with Gasteiger partial charge in [-0.3, -0.25) is 0 Å². The van der Waals surface area contributed by atoms with E-state index in [2.05, 4.69) is 38.7 Å². The largest absolute Gasteiger partial charge is 0.313 e. The molecular formula is C20H39N. The average Bonchev–Trinajstić information content (AvgIpc) is 2.90. The fourth-order valence-electron chi connectivity index (χ4n) is 4.34. The maximum absolute atomic E-state index is 3.93. The monoisotopic (exact) mass is 293 g/mol. The average molecular weight is 294 g/mol. The van der Waals surface area contributed by atoms with Crippen LogP contribution >= 0.6 is 0 Å². The van der Waals surface area contributed by atoms with Crippen LogP contribution < -0.4 is 5.32 Å². The molecular weight excluding hydrogens is 254 g/mol. The number of hydrogen-bond acceptors (Lipinski definition) is 1. The van der Waals surface area contributed by atoms with Crippen molar-refractivity contribution in [2.75, 3.05) is 6.54 Å². The van der Waals surface area contributed by atoms with Crippen molar-refractivity contribution in [1.82, 2.24) is 5.32 Å². The maximum atomic E-state index is 3.93. The predicted octanol–water partition coefficient (Wildman–Crippen LogP) is 6.10. The van der Waals surface area contributed by atoms with Crippen LogP contribution in [0.4, 0.5) is 0 Å². The Morgan fingerprint density at radius 3 is 2.43 bits per heavy atom. The smallest absolute Gasteiger partial charge is 0.0124 e. The molecule has 21 heavy (non-hydrogen) atoms. The highest BCUT2D eigenvalue weighted by molar-refractivity contribution is 4.95. The molecule has 1 unspecified atom stereocenters. The second-order valence-corrected chi connectivity index (χ2v) is 7.60. The summed E-state index contributed by atoms with van der Waals surface area (Å²) in [6, 6.07) is 0.756. The van der Waals surface area contributed by atoms with E-state index < -0.39 is 0 Å². The number of allylic oxidation sites excluding steroid dienone is 1. The molecule has 1 heteroatoms. The Kier molecular flexibility index (Phi) is 9.31. The van der Waals surface area contributed by atoms with Gasteiger partial charge in [-0.05, 0) is 62.8 Å². The second kappa shape index (κ2) is 10.4. The van der Waals surface area contributed by atoms with Gasteiger partial charge in [0.15, 0.2) is 0 Å². The molecule has 0 aromatic heterocycles. The van der Waals surface area contributed by atoms with Gasteiger partial charge in [-0.25, -0.2) is 0 Å². The van der Waals surface area contributed by atoms with Crippen molar-refractivity contribution in [3.8, 4) is 0 Å². The first-order chi connectivity index (χ1) is 10.1. The van der Waals surface area contributed by atoms with Crippen LogP contribution in [-0.2, 0) is 0 Å². The van der Waals surface area contributed by atoms with E-state index in [-0.39, 0.29) is 0 Å². The Morgan fingerprint density at radius 2 is 1.86 bits per heavy atom. The van der Waals surface area contributed by atoms with Crippen molar-refractivity contribution in [1.29, 1.82) is 0 Å². The highest BCUT2D eigenvalue weighted by Crippen LogP contribution is 2.47. The van der Waals surface area contributed by atoms with Crippen molar-refractivity contribution >= 4 is 0 Å². The topological polar surface area (TPSA) is 12.0 Å². The van der Waals surface area contributed by atoms with Gasteiger partial charge >= 0.3 is 0 Å². The summed E-state index contributed by atoms with van der Waals surface area (Å²) in [5, 5.41) is 3.93. The molecule has 0 radical (unpaired) electrons. The molecule has 1 nitrogen and oxygen atoms in total. The number of nitrogens with one attached hydrogen (secondary N) is 1. The molecule has 0 aromatic rings. The summed E-state index contributed by atoms with van der Waals surface area (Å²) < 4.78 is 0. The van der Waals surface area contributed by atoms with Crippen LogP contribution in [0.25, 0.3) is 0 Å². The molecule has 1 aliphatic rings. The molecule has 1 atom stereocenters. The van der Waals surface area contributed by atoms with Gasteiger partial charge in [-0.2, -0.15) is 0 Å². The van der Waals surface area contributed by atoms with E-state index in [0.717, 1.165) is 12.0 Å². The molecule has 1 fully saturated rings. The lowest BCUT2D eigenvalue weighted by Gasteiger charge is -2.40. The van der Waals surface area contributed by atoms with Gasteiger partial charge in [0.25, 0.3) is 0 Å². The van der Waals surface area contributed by atoms with Crippen LogP contribution in [0, 0.1) is 11.3 Å². The molecule has 0 aliphatic heterocycles. The molecule has 0 heterocycles. The first-order valence-electron chi connectivity index (χ1n) is 9.49. The van der Waals surface area contributed by atoms with Crippen molar-refractivity contribution in [3.05, 3.63) is 12.7 Å². The Labute approximate surface area is 134 Å². The SMILES string of the molecule is C=CCCCCCC(NCCC)C1(CC(C)C)CCCC1. The minimum Gasteiger partial charge on any atom is -0.313 e. The molecule has 0 spiro atoms. The Hall–Kier alpha value is -0.300. The van der Waals surface area contributed by atoms with Crippen LogP contribution in [0.3, 0.4) is 0 Å². The Balaban J connectivity index is 2.57. The summed E-state index contributed by atoms with van der Waals surface area (Å²) >= 11 is 0. The van der Waals surface area contributed by atoms with Gasteiger partial charge in [-0.15, -0.1) is 6.58 Å². The first-order valence-corrected chi connectivity index (χ1v) is 9.49. The zero-order chi connectivity index (χ0) is 15.6. The molecule has 1 aliphatic carbocycles. The summed E-state index contributed by atoms with van der Waals surface area (Å²) in [6.07, 6.45) is 17.2. The van der Waals surface area contributed by atoms with Gasteiger partial charge < -0.3 is 5.32 Å². The highest BCUT2D eigenvalue weighted by atomic mass is 14.9. The number of rotatable bonds is 12. The lowest BCUT2D eigenvalue weighted by Crippen LogP contribution is -2.45. The van der Waals surface area contributed by atoms with Crippen LogP contribution in [0.2, 0.25) is 0 Å². The quantitative estimate of drug-likeness (QED) is 0.339. The van der Waals surface area contributed by atoms with Crippen molar-refractivity contribution in [2.24, 2.45) is 11.3 Å². The van der Waals surface area contributed by atoms with E-state index in [0.29, 0.717) is 5.41 Å². The molecule has 1 saturated carbocycles. The minimum atomic E-state index is 0.599. The number of unbranched alkanes of at least 4 members (excludes halogenated alkanes) is 3. The van der Waals surface area contributed by atoms with Crippen LogP contribution in [0.5, 0.6) is 0 Å². The van der Waals surface area contributed by atoms with E-state index in [4.69, 9.17) is 0 Å². The van der Waals surface area contributed by atoms with Crippen molar-refractivity contribution in [2.45, 2.75) is 97.4 Å². The molecule has 1 N–H and O–H groups in total. The standard InChI is InChI=1S/C20H39N/c1-5-7-8-9-10-13-19(21-16-6-2)20(17-18(3)4)14-11-12-15-20/h5,18-19,21H,1,6-17H2,2-4H3. The summed E-state index contributed by atoms with van der Waals surface area (Å²) in [7, 11) is 0. The van der Waals surface area contributed by atoms with Crippen LogP contribution in [0.1, 0.15) is 91.4 Å². The molecule has 0 aromatic carbocycles.